The minimum Gasteiger partial charge on any atom is -0.288 e. The predicted molar refractivity (Wildman–Crippen MR) is 83.6 cm³/mol. The molecule has 1 saturated heterocycles. The van der Waals surface area contributed by atoms with Crippen molar-refractivity contribution in [3.8, 4) is 0 Å². The molecule has 1 heterocycles. The highest BCUT2D eigenvalue weighted by atomic mass is 32.2. The van der Waals surface area contributed by atoms with E-state index < -0.39 is 0 Å². The summed E-state index contributed by atoms with van der Waals surface area (Å²) in [6.45, 7) is 0. The number of rotatable bonds is 3. The van der Waals surface area contributed by atoms with Crippen molar-refractivity contribution in [2.45, 2.75) is 62.5 Å². The first-order chi connectivity index (χ1) is 9.33. The van der Waals surface area contributed by atoms with Crippen LogP contribution in [0.2, 0.25) is 0 Å². The Balaban J connectivity index is 1.87. The summed E-state index contributed by atoms with van der Waals surface area (Å²) in [6, 6.07) is 0. The Hall–Kier alpha value is -0.500. The second-order valence-corrected chi connectivity index (χ2v) is 8.71. The number of carbonyl (C=O) groups is 1. The fourth-order valence-corrected chi connectivity index (χ4v) is 7.20. The average Bonchev–Trinajstić information content (AvgIpc) is 3.03. The van der Waals surface area contributed by atoms with Gasteiger partial charge in [-0.3, -0.25) is 4.79 Å². The monoisotopic (exact) mass is 277 g/mol. The lowest BCUT2D eigenvalue weighted by Crippen LogP contribution is -2.49. The summed E-state index contributed by atoms with van der Waals surface area (Å²) in [5.41, 5.74) is 1.03. The maximum absolute atomic E-state index is 13.1. The Labute approximate surface area is 119 Å². The van der Waals surface area contributed by atoms with Gasteiger partial charge in [-0.05, 0) is 38.5 Å². The van der Waals surface area contributed by atoms with Gasteiger partial charge in [-0.25, -0.2) is 0 Å². The normalized spacial score (nSPS) is 27.3. The van der Waals surface area contributed by atoms with Crippen molar-refractivity contribution in [1.29, 1.82) is 0 Å². The first-order valence-corrected chi connectivity index (χ1v) is 9.48. The van der Waals surface area contributed by atoms with Crippen molar-refractivity contribution in [2.75, 3.05) is 11.5 Å². The lowest BCUT2D eigenvalue weighted by Gasteiger charge is -2.34. The van der Waals surface area contributed by atoms with Crippen molar-refractivity contribution < 1.29 is 4.79 Å². The van der Waals surface area contributed by atoms with E-state index >= 15 is 0 Å². The summed E-state index contributed by atoms with van der Waals surface area (Å²) in [4.78, 5) is 13.1. The van der Waals surface area contributed by atoms with E-state index in [0.29, 0.717) is 16.7 Å². The Kier molecular flexibility index (Phi) is 4.16. The van der Waals surface area contributed by atoms with Gasteiger partial charge in [-0.15, -0.1) is 0 Å². The highest BCUT2D eigenvalue weighted by Gasteiger charge is 2.54. The van der Waals surface area contributed by atoms with Gasteiger partial charge in [0.1, 0.15) is 11.5 Å². The average molecular weight is 277 g/mol. The van der Waals surface area contributed by atoms with Crippen LogP contribution in [0.5, 0.6) is 0 Å². The lowest BCUT2D eigenvalue weighted by atomic mass is 9.81. The smallest absolute Gasteiger partial charge is 0.217 e. The van der Waals surface area contributed by atoms with Crippen molar-refractivity contribution in [2.24, 2.45) is 0 Å². The third-order valence-electron chi connectivity index (χ3n) is 4.92. The summed E-state index contributed by atoms with van der Waals surface area (Å²) in [5, 5.41) is 0. The van der Waals surface area contributed by atoms with Crippen LogP contribution in [0.25, 0.3) is 0 Å². The van der Waals surface area contributed by atoms with Gasteiger partial charge in [0, 0.05) is 29.3 Å². The van der Waals surface area contributed by atoms with E-state index in [-0.39, 0.29) is 4.75 Å². The van der Waals surface area contributed by atoms with Gasteiger partial charge in [0.05, 0.1) is 0 Å². The fourth-order valence-electron chi connectivity index (χ4n) is 3.86. The molecule has 0 radical (unpaired) electrons. The molecule has 0 aromatic carbocycles. The Morgan fingerprint density at radius 1 is 1.00 bits per heavy atom. The zero-order valence-electron chi connectivity index (χ0n) is 11.8. The zero-order valence-corrected chi connectivity index (χ0v) is 12.6. The van der Waals surface area contributed by atoms with Crippen LogP contribution >= 0.6 is 0 Å². The largest absolute Gasteiger partial charge is 0.288 e. The number of carbonyl (C=O) groups excluding carboxylic acids is 1. The van der Waals surface area contributed by atoms with Crippen molar-refractivity contribution in [3.05, 3.63) is 23.8 Å². The molecule has 2 heteroatoms. The molecule has 2 fully saturated rings. The molecule has 0 N–H and O–H groups in total. The molecule has 19 heavy (non-hydrogen) atoms. The van der Waals surface area contributed by atoms with Gasteiger partial charge in [0.15, 0.2) is 4.75 Å². The van der Waals surface area contributed by atoms with E-state index in [1.54, 1.807) is 0 Å². The molecule has 0 bridgehead atoms. The van der Waals surface area contributed by atoms with E-state index in [1.165, 1.54) is 56.5 Å². The minimum atomic E-state index is 0.0439. The van der Waals surface area contributed by atoms with Gasteiger partial charge in [0.25, 0.3) is 0 Å². The molecule has 0 atom stereocenters. The molecule has 0 aromatic rings. The maximum atomic E-state index is 13.1. The molecule has 3 aliphatic rings. The first kappa shape index (κ1) is 13.5. The lowest BCUT2D eigenvalue weighted by molar-refractivity contribution is -0.118. The van der Waals surface area contributed by atoms with Gasteiger partial charge in [-0.1, -0.05) is 24.6 Å². The summed E-state index contributed by atoms with van der Waals surface area (Å²) < 4.78 is 0.0439. The number of Topliss-reactive ketones (excluding diaryl/α,β-unsaturated/α-hetero) is 1. The number of allylic oxidation sites excluding steroid dienone is 4. The van der Waals surface area contributed by atoms with Crippen LogP contribution in [0, 0.1) is 0 Å². The molecule has 1 saturated carbocycles. The molecule has 104 valence electrons. The van der Waals surface area contributed by atoms with Crippen LogP contribution in [0.1, 0.15) is 57.8 Å². The summed E-state index contributed by atoms with van der Waals surface area (Å²) in [6.07, 6.45) is 17.6. The summed E-state index contributed by atoms with van der Waals surface area (Å²) >= 11 is 0. The van der Waals surface area contributed by atoms with Crippen LogP contribution in [0.4, 0.5) is 0 Å². The van der Waals surface area contributed by atoms with E-state index in [2.05, 4.69) is 18.2 Å². The predicted octanol–water partition coefficient (Wildman–Crippen LogP) is 3.95. The fraction of sp³-hybridized carbons (Fsp3) is 0.706. The van der Waals surface area contributed by atoms with E-state index in [9.17, 15) is 4.79 Å². The number of hydrogen-bond donors (Lipinski definition) is 0. The third kappa shape index (κ3) is 2.56. The van der Waals surface area contributed by atoms with Gasteiger partial charge in [-0.2, -0.15) is 0 Å². The molecule has 0 spiro atoms. The SMILES string of the molecule is O=C(C1=CCCC=C1)C1([S+]2CCCC2)CCCCC1. The molecule has 0 amide bonds. The summed E-state index contributed by atoms with van der Waals surface area (Å²) in [5.74, 6) is 3.15. The minimum absolute atomic E-state index is 0.0439. The second kappa shape index (κ2) is 5.87. The molecule has 0 aromatic heterocycles. The van der Waals surface area contributed by atoms with Crippen molar-refractivity contribution in [3.63, 3.8) is 0 Å². The molecular weight excluding hydrogens is 252 g/mol. The molecule has 2 aliphatic carbocycles. The van der Waals surface area contributed by atoms with Gasteiger partial charge in [0.2, 0.25) is 5.78 Å². The molecular formula is C17H25OS+. The number of hydrogen-bond acceptors (Lipinski definition) is 1. The standard InChI is InChI=1S/C17H25OS/c18-16(15-9-3-1-4-10-15)17(11-5-2-6-12-17)19-13-7-8-14-19/h3,9-10H,1-2,4-8,11-14H2/q+1. The second-order valence-electron chi connectivity index (χ2n) is 6.13. The van der Waals surface area contributed by atoms with E-state index in [0.717, 1.165) is 18.4 Å². The maximum Gasteiger partial charge on any atom is 0.217 e. The van der Waals surface area contributed by atoms with Crippen LogP contribution in [0.15, 0.2) is 23.8 Å². The van der Waals surface area contributed by atoms with Crippen LogP contribution < -0.4 is 0 Å². The topological polar surface area (TPSA) is 17.1 Å². The van der Waals surface area contributed by atoms with E-state index in [1.807, 2.05) is 0 Å². The van der Waals surface area contributed by atoms with E-state index in [4.69, 9.17) is 0 Å². The third-order valence-corrected chi connectivity index (χ3v) is 8.18. The highest BCUT2D eigenvalue weighted by Crippen LogP contribution is 2.42. The van der Waals surface area contributed by atoms with Crippen LogP contribution in [-0.2, 0) is 15.7 Å². The van der Waals surface area contributed by atoms with Gasteiger partial charge < -0.3 is 0 Å². The van der Waals surface area contributed by atoms with Crippen molar-refractivity contribution >= 4 is 16.7 Å². The summed E-state index contributed by atoms with van der Waals surface area (Å²) in [7, 11) is 0.372. The Morgan fingerprint density at radius 2 is 1.74 bits per heavy atom. The first-order valence-electron chi connectivity index (χ1n) is 7.92. The Bertz CT molecular complexity index is 395. The molecule has 0 unspecified atom stereocenters. The Morgan fingerprint density at radius 3 is 2.37 bits per heavy atom. The molecule has 1 aliphatic heterocycles. The molecule has 1 nitrogen and oxygen atoms in total. The van der Waals surface area contributed by atoms with Crippen LogP contribution in [-0.4, -0.2) is 22.0 Å². The highest BCUT2D eigenvalue weighted by molar-refractivity contribution is 7.99. The van der Waals surface area contributed by atoms with Crippen LogP contribution in [0.3, 0.4) is 0 Å². The zero-order chi connectivity index (χ0) is 13.1. The van der Waals surface area contributed by atoms with Crippen molar-refractivity contribution in [1.82, 2.24) is 0 Å². The van der Waals surface area contributed by atoms with Gasteiger partial charge >= 0.3 is 0 Å². The molecule has 3 rings (SSSR count). The quantitative estimate of drug-likeness (QED) is 0.714. The number of ketones is 1.